The van der Waals surface area contributed by atoms with Gasteiger partial charge < -0.3 is 21.3 Å². The van der Waals surface area contributed by atoms with Gasteiger partial charge in [0.25, 0.3) is 0 Å². The molecule has 0 aromatic heterocycles. The molecule has 10 nitrogen and oxygen atoms in total. The fraction of sp³-hybridized carbons (Fsp3) is 0.842. The van der Waals surface area contributed by atoms with Crippen LogP contribution >= 0.6 is 11.8 Å². The van der Waals surface area contributed by atoms with Crippen molar-refractivity contribution in [3.63, 3.8) is 0 Å². The maximum Gasteiger partial charge on any atom is 0.315 e. The van der Waals surface area contributed by atoms with Crippen molar-refractivity contribution in [2.24, 2.45) is 10.3 Å². The summed E-state index contributed by atoms with van der Waals surface area (Å²) >= 11 is 1.91. The second-order valence-electron chi connectivity index (χ2n) is 8.09. The van der Waals surface area contributed by atoms with Gasteiger partial charge in [-0.25, -0.2) is 4.79 Å². The van der Waals surface area contributed by atoms with Gasteiger partial charge in [-0.1, -0.05) is 11.6 Å². The first-order chi connectivity index (χ1) is 14.5. The van der Waals surface area contributed by atoms with Crippen LogP contribution in [0.1, 0.15) is 44.9 Å². The molecule has 0 saturated carbocycles. The number of thioether (sulfide) groups is 1. The van der Waals surface area contributed by atoms with Gasteiger partial charge in [0.1, 0.15) is 6.54 Å². The van der Waals surface area contributed by atoms with Crippen LogP contribution in [0.5, 0.6) is 0 Å². The standard InChI is InChI=1S/C19H33N7O3S/c1-20-17(28)11-26-10-13(24-25-26)6-4-5-9-21-16(27)8-3-2-7-15-18-14(12-30-15)22-19(29)23-18/h13-15,18H,2-12H2,1H3,(H,20,28)(H,21,27)(H2,22,23,29). The predicted octanol–water partition coefficient (Wildman–Crippen LogP) is 0.796. The van der Waals surface area contributed by atoms with E-state index in [9.17, 15) is 14.4 Å². The lowest BCUT2D eigenvalue weighted by Gasteiger charge is -2.16. The average Bonchev–Trinajstić information content (AvgIpc) is 3.41. The van der Waals surface area contributed by atoms with Crippen LogP contribution in [-0.2, 0) is 9.59 Å². The molecular weight excluding hydrogens is 406 g/mol. The lowest BCUT2D eigenvalue weighted by molar-refractivity contribution is -0.122. The Labute approximate surface area is 181 Å². The van der Waals surface area contributed by atoms with Gasteiger partial charge in [0.15, 0.2) is 0 Å². The zero-order chi connectivity index (χ0) is 21.3. The summed E-state index contributed by atoms with van der Waals surface area (Å²) in [5.41, 5.74) is 0. The fourth-order valence-corrected chi connectivity index (χ4v) is 5.59. The van der Waals surface area contributed by atoms with E-state index in [0.29, 0.717) is 24.8 Å². The molecule has 0 bridgehead atoms. The number of hydrogen-bond acceptors (Lipinski definition) is 7. The minimum Gasteiger partial charge on any atom is -0.358 e. The molecule has 4 amide bonds. The summed E-state index contributed by atoms with van der Waals surface area (Å²) in [4.78, 5) is 34.7. The zero-order valence-corrected chi connectivity index (χ0v) is 18.4. The van der Waals surface area contributed by atoms with Crippen LogP contribution in [0.15, 0.2) is 10.3 Å². The number of rotatable bonds is 12. The third-order valence-corrected chi connectivity index (χ3v) is 7.24. The maximum atomic E-state index is 12.0. The molecule has 2 saturated heterocycles. The molecule has 2 fully saturated rings. The van der Waals surface area contributed by atoms with Crippen molar-refractivity contribution in [3.05, 3.63) is 0 Å². The number of amides is 4. The Kier molecular flexibility index (Phi) is 8.59. The highest BCUT2D eigenvalue weighted by atomic mass is 32.2. The smallest absolute Gasteiger partial charge is 0.315 e. The molecule has 3 rings (SSSR count). The lowest BCUT2D eigenvalue weighted by atomic mass is 10.0. The van der Waals surface area contributed by atoms with Gasteiger partial charge in [-0.3, -0.25) is 14.6 Å². The van der Waals surface area contributed by atoms with E-state index in [1.54, 1.807) is 12.1 Å². The molecule has 11 heteroatoms. The molecule has 168 valence electrons. The Morgan fingerprint density at radius 2 is 2.00 bits per heavy atom. The topological polar surface area (TPSA) is 127 Å². The molecule has 3 aliphatic rings. The number of likely N-dealkylation sites (N-methyl/N-ethyl adjacent to an activating group) is 1. The highest BCUT2D eigenvalue weighted by Crippen LogP contribution is 2.33. The molecule has 3 aliphatic heterocycles. The quantitative estimate of drug-likeness (QED) is 0.264. The summed E-state index contributed by atoms with van der Waals surface area (Å²) in [6, 6.07) is 0.595. The second-order valence-corrected chi connectivity index (χ2v) is 9.36. The number of urea groups is 1. The molecule has 30 heavy (non-hydrogen) atoms. The number of nitrogens with zero attached hydrogens (tertiary/aromatic N) is 3. The van der Waals surface area contributed by atoms with E-state index in [0.717, 1.165) is 44.3 Å². The monoisotopic (exact) mass is 439 g/mol. The first-order valence-corrected chi connectivity index (χ1v) is 11.9. The van der Waals surface area contributed by atoms with Gasteiger partial charge in [-0.2, -0.15) is 16.9 Å². The predicted molar refractivity (Wildman–Crippen MR) is 115 cm³/mol. The van der Waals surface area contributed by atoms with Crippen molar-refractivity contribution in [2.45, 2.75) is 68.3 Å². The highest BCUT2D eigenvalue weighted by molar-refractivity contribution is 8.00. The number of unbranched alkanes of at least 4 members (excludes halogenated alkanes) is 2. The Bertz CT molecular complexity index is 648. The van der Waals surface area contributed by atoms with Crippen molar-refractivity contribution in [3.8, 4) is 0 Å². The third-order valence-electron chi connectivity index (χ3n) is 5.73. The Balaban J connectivity index is 1.15. The minimum absolute atomic E-state index is 0.0492. The van der Waals surface area contributed by atoms with Gasteiger partial charge >= 0.3 is 6.03 Å². The van der Waals surface area contributed by atoms with E-state index in [4.69, 9.17) is 0 Å². The fourth-order valence-electron chi connectivity index (χ4n) is 4.05. The molecule has 4 unspecified atom stereocenters. The van der Waals surface area contributed by atoms with Crippen molar-refractivity contribution < 1.29 is 14.4 Å². The summed E-state index contributed by atoms with van der Waals surface area (Å²) in [7, 11) is 1.61. The van der Waals surface area contributed by atoms with Crippen LogP contribution in [0.25, 0.3) is 0 Å². The van der Waals surface area contributed by atoms with E-state index in [2.05, 4.69) is 31.6 Å². The summed E-state index contributed by atoms with van der Waals surface area (Å²) in [6.07, 6.45) is 6.28. The molecule has 3 heterocycles. The van der Waals surface area contributed by atoms with Gasteiger partial charge in [-0.05, 0) is 32.1 Å². The number of nitrogens with one attached hydrogen (secondary N) is 4. The van der Waals surface area contributed by atoms with Gasteiger partial charge in [0.05, 0.1) is 24.7 Å². The maximum absolute atomic E-state index is 12.0. The molecule has 4 atom stereocenters. The largest absolute Gasteiger partial charge is 0.358 e. The number of carbonyl (C=O) groups is 3. The molecule has 4 N–H and O–H groups in total. The summed E-state index contributed by atoms with van der Waals surface area (Å²) < 4.78 is 0. The average molecular weight is 440 g/mol. The summed E-state index contributed by atoms with van der Waals surface area (Å²) in [5, 5.41) is 21.9. The van der Waals surface area contributed by atoms with Gasteiger partial charge in [0.2, 0.25) is 11.8 Å². The SMILES string of the molecule is CNC(=O)CN1CC(CCCCNC(=O)CCCCC2SCC3NC(=O)NC32)N=N1. The third kappa shape index (κ3) is 6.75. The van der Waals surface area contributed by atoms with Crippen molar-refractivity contribution in [1.29, 1.82) is 0 Å². The first-order valence-electron chi connectivity index (χ1n) is 10.9. The molecule has 0 aromatic carbocycles. The second kappa shape index (κ2) is 11.4. The molecule has 0 aromatic rings. The normalized spacial score (nSPS) is 27.0. The molecule has 0 radical (unpaired) electrons. The molecular formula is C19H33N7O3S. The Morgan fingerprint density at radius 1 is 1.17 bits per heavy atom. The first kappa shape index (κ1) is 22.6. The van der Waals surface area contributed by atoms with E-state index < -0.39 is 0 Å². The van der Waals surface area contributed by atoms with Crippen LogP contribution in [0, 0.1) is 0 Å². The summed E-state index contributed by atoms with van der Waals surface area (Å²) in [6.45, 7) is 1.61. The van der Waals surface area contributed by atoms with Crippen LogP contribution in [0.3, 0.4) is 0 Å². The van der Waals surface area contributed by atoms with Gasteiger partial charge in [0, 0.05) is 31.0 Å². The van der Waals surface area contributed by atoms with E-state index in [1.165, 1.54) is 0 Å². The Morgan fingerprint density at radius 3 is 2.83 bits per heavy atom. The van der Waals surface area contributed by atoms with Crippen molar-refractivity contribution in [2.75, 3.05) is 32.4 Å². The number of fused-ring (bicyclic) bond motifs is 1. The van der Waals surface area contributed by atoms with Crippen molar-refractivity contribution >= 4 is 29.6 Å². The van der Waals surface area contributed by atoms with E-state index in [1.807, 2.05) is 11.8 Å². The van der Waals surface area contributed by atoms with Crippen LogP contribution in [0.4, 0.5) is 4.79 Å². The number of hydrogen-bond donors (Lipinski definition) is 4. The molecule has 0 spiro atoms. The number of carbonyl (C=O) groups excluding carboxylic acids is 3. The lowest BCUT2D eigenvalue weighted by Crippen LogP contribution is -2.36. The van der Waals surface area contributed by atoms with Gasteiger partial charge in [-0.15, -0.1) is 0 Å². The van der Waals surface area contributed by atoms with Crippen molar-refractivity contribution in [1.82, 2.24) is 26.3 Å². The molecule has 0 aliphatic carbocycles. The van der Waals surface area contributed by atoms with E-state index >= 15 is 0 Å². The highest BCUT2D eigenvalue weighted by Gasteiger charge is 2.42. The zero-order valence-electron chi connectivity index (χ0n) is 17.6. The minimum atomic E-state index is -0.0641. The van der Waals surface area contributed by atoms with Crippen LogP contribution in [-0.4, -0.2) is 78.7 Å². The summed E-state index contributed by atoms with van der Waals surface area (Å²) in [5.74, 6) is 1.02. The van der Waals surface area contributed by atoms with Crippen LogP contribution in [0.2, 0.25) is 0 Å². The Hall–Kier alpha value is -2.04. The van der Waals surface area contributed by atoms with Crippen LogP contribution < -0.4 is 21.3 Å². The van der Waals surface area contributed by atoms with E-state index in [-0.39, 0.29) is 42.5 Å².